The highest BCUT2D eigenvalue weighted by atomic mass is 15.4. The summed E-state index contributed by atoms with van der Waals surface area (Å²) in [4.78, 5) is 0. The van der Waals surface area contributed by atoms with Gasteiger partial charge in [0.15, 0.2) is 0 Å². The Bertz CT molecular complexity index is 290. The molecule has 0 radical (unpaired) electrons. The minimum absolute atomic E-state index is 0.543. The third-order valence-electron chi connectivity index (χ3n) is 2.84. The van der Waals surface area contributed by atoms with Crippen molar-refractivity contribution in [3.8, 4) is 0 Å². The summed E-state index contributed by atoms with van der Waals surface area (Å²) in [5.41, 5.74) is 1.22. The van der Waals surface area contributed by atoms with Crippen molar-refractivity contribution in [2.75, 3.05) is 6.54 Å². The van der Waals surface area contributed by atoms with Crippen LogP contribution in [0.3, 0.4) is 0 Å². The fourth-order valence-corrected chi connectivity index (χ4v) is 1.68. The molecule has 4 heteroatoms. The van der Waals surface area contributed by atoms with Gasteiger partial charge in [-0.15, -0.1) is 5.10 Å². The molecule has 0 amide bonds. The predicted octanol–water partition coefficient (Wildman–Crippen LogP) is 1.06. The van der Waals surface area contributed by atoms with Crippen molar-refractivity contribution in [1.29, 1.82) is 0 Å². The molecule has 4 nitrogen and oxygen atoms in total. The topological polar surface area (TPSA) is 42.7 Å². The Labute approximate surface area is 84.7 Å². The van der Waals surface area contributed by atoms with Gasteiger partial charge in [-0.1, -0.05) is 12.1 Å². The van der Waals surface area contributed by atoms with Crippen LogP contribution >= 0.6 is 0 Å². The van der Waals surface area contributed by atoms with Crippen LogP contribution in [-0.2, 0) is 7.05 Å². The van der Waals surface area contributed by atoms with E-state index >= 15 is 0 Å². The molecule has 1 heterocycles. The van der Waals surface area contributed by atoms with E-state index in [2.05, 4.69) is 22.6 Å². The molecule has 1 N–H and O–H groups in total. The van der Waals surface area contributed by atoms with Gasteiger partial charge >= 0.3 is 0 Å². The van der Waals surface area contributed by atoms with Crippen molar-refractivity contribution >= 4 is 0 Å². The number of hydrogen-bond acceptors (Lipinski definition) is 3. The van der Waals surface area contributed by atoms with E-state index in [0.717, 1.165) is 19.0 Å². The number of aryl methyl sites for hydroxylation is 1. The zero-order chi connectivity index (χ0) is 9.97. The lowest BCUT2D eigenvalue weighted by Crippen LogP contribution is -2.19. The van der Waals surface area contributed by atoms with E-state index < -0.39 is 0 Å². The van der Waals surface area contributed by atoms with Crippen molar-refractivity contribution in [2.45, 2.75) is 38.1 Å². The van der Waals surface area contributed by atoms with Gasteiger partial charge in [0.1, 0.15) is 0 Å². The van der Waals surface area contributed by atoms with Crippen molar-refractivity contribution in [2.24, 2.45) is 7.05 Å². The molecule has 1 aliphatic carbocycles. The molecule has 0 aromatic carbocycles. The van der Waals surface area contributed by atoms with E-state index in [1.165, 1.54) is 18.5 Å². The average Bonchev–Trinajstić information content (AvgIpc) is 2.87. The average molecular weight is 194 g/mol. The summed E-state index contributed by atoms with van der Waals surface area (Å²) in [6, 6.07) is 0.812. The SMILES string of the molecule is CC(CCNC1CC1)c1cnnn1C. The van der Waals surface area contributed by atoms with Crippen LogP contribution < -0.4 is 5.32 Å². The Morgan fingerprint density at radius 3 is 3.00 bits per heavy atom. The molecule has 2 rings (SSSR count). The third-order valence-corrected chi connectivity index (χ3v) is 2.84. The van der Waals surface area contributed by atoms with Gasteiger partial charge in [0, 0.05) is 19.0 Å². The van der Waals surface area contributed by atoms with Crippen molar-refractivity contribution in [1.82, 2.24) is 20.3 Å². The lowest BCUT2D eigenvalue weighted by molar-refractivity contribution is 0.555. The molecule has 1 atom stereocenters. The molecule has 0 saturated heterocycles. The summed E-state index contributed by atoms with van der Waals surface area (Å²) in [5.74, 6) is 0.543. The molecule has 0 aliphatic heterocycles. The van der Waals surface area contributed by atoms with Crippen molar-refractivity contribution < 1.29 is 0 Å². The van der Waals surface area contributed by atoms with E-state index in [1.807, 2.05) is 17.9 Å². The Morgan fingerprint density at radius 1 is 1.64 bits per heavy atom. The number of nitrogens with one attached hydrogen (secondary N) is 1. The van der Waals surface area contributed by atoms with Crippen LogP contribution in [-0.4, -0.2) is 27.6 Å². The quantitative estimate of drug-likeness (QED) is 0.762. The van der Waals surface area contributed by atoms with Gasteiger partial charge in [-0.05, 0) is 25.8 Å². The van der Waals surface area contributed by atoms with Gasteiger partial charge in [-0.2, -0.15) is 0 Å². The molecule has 1 fully saturated rings. The summed E-state index contributed by atoms with van der Waals surface area (Å²) >= 11 is 0. The van der Waals surface area contributed by atoms with Gasteiger partial charge in [0.2, 0.25) is 0 Å². The molecule has 1 aliphatic rings. The first-order chi connectivity index (χ1) is 6.77. The summed E-state index contributed by atoms with van der Waals surface area (Å²) < 4.78 is 1.86. The summed E-state index contributed by atoms with van der Waals surface area (Å²) in [5, 5.41) is 11.3. The van der Waals surface area contributed by atoms with Crippen LogP contribution in [0.25, 0.3) is 0 Å². The first-order valence-corrected chi connectivity index (χ1v) is 5.35. The minimum atomic E-state index is 0.543. The highest BCUT2D eigenvalue weighted by Crippen LogP contribution is 2.20. The minimum Gasteiger partial charge on any atom is -0.314 e. The maximum Gasteiger partial charge on any atom is 0.0727 e. The number of rotatable bonds is 5. The summed E-state index contributed by atoms with van der Waals surface area (Å²) in [6.07, 6.45) is 5.75. The Morgan fingerprint density at radius 2 is 2.43 bits per heavy atom. The Balaban J connectivity index is 1.76. The zero-order valence-corrected chi connectivity index (χ0v) is 8.90. The molecule has 14 heavy (non-hydrogen) atoms. The normalized spacial score (nSPS) is 18.4. The highest BCUT2D eigenvalue weighted by molar-refractivity contribution is 5.01. The van der Waals surface area contributed by atoms with Crippen LogP contribution in [0.2, 0.25) is 0 Å². The van der Waals surface area contributed by atoms with Crippen molar-refractivity contribution in [3.05, 3.63) is 11.9 Å². The molecule has 1 aromatic rings. The second-order valence-electron chi connectivity index (χ2n) is 4.20. The second kappa shape index (κ2) is 4.09. The van der Waals surface area contributed by atoms with Crippen LogP contribution in [0.1, 0.15) is 37.8 Å². The molecular formula is C10H18N4. The lowest BCUT2D eigenvalue weighted by Gasteiger charge is -2.11. The first-order valence-electron chi connectivity index (χ1n) is 5.35. The van der Waals surface area contributed by atoms with E-state index in [0.29, 0.717) is 5.92 Å². The Hall–Kier alpha value is -0.900. The smallest absolute Gasteiger partial charge is 0.0727 e. The van der Waals surface area contributed by atoms with Crippen LogP contribution in [0.5, 0.6) is 0 Å². The highest BCUT2D eigenvalue weighted by Gasteiger charge is 2.20. The van der Waals surface area contributed by atoms with Gasteiger partial charge in [-0.3, -0.25) is 4.68 Å². The zero-order valence-electron chi connectivity index (χ0n) is 8.90. The maximum atomic E-state index is 3.94. The second-order valence-corrected chi connectivity index (χ2v) is 4.20. The van der Waals surface area contributed by atoms with E-state index in [9.17, 15) is 0 Å². The van der Waals surface area contributed by atoms with Crippen LogP contribution in [0, 0.1) is 0 Å². The van der Waals surface area contributed by atoms with Gasteiger partial charge in [0.25, 0.3) is 0 Å². The fourth-order valence-electron chi connectivity index (χ4n) is 1.68. The van der Waals surface area contributed by atoms with E-state index in [1.54, 1.807) is 0 Å². The molecule has 0 bridgehead atoms. The summed E-state index contributed by atoms with van der Waals surface area (Å²) in [7, 11) is 1.95. The Kier molecular flexibility index (Phi) is 2.82. The van der Waals surface area contributed by atoms with E-state index in [-0.39, 0.29) is 0 Å². The summed E-state index contributed by atoms with van der Waals surface area (Å²) in [6.45, 7) is 3.34. The standard InChI is InChI=1S/C10H18N4/c1-8(5-6-11-9-3-4-9)10-7-12-13-14(10)2/h7-9,11H,3-6H2,1-2H3. The fraction of sp³-hybridized carbons (Fsp3) is 0.800. The van der Waals surface area contributed by atoms with Gasteiger partial charge < -0.3 is 5.32 Å². The molecule has 1 aromatic heterocycles. The third kappa shape index (κ3) is 2.32. The van der Waals surface area contributed by atoms with E-state index in [4.69, 9.17) is 0 Å². The van der Waals surface area contributed by atoms with Gasteiger partial charge in [0.05, 0.1) is 11.9 Å². The van der Waals surface area contributed by atoms with Crippen molar-refractivity contribution in [3.63, 3.8) is 0 Å². The van der Waals surface area contributed by atoms with Gasteiger partial charge in [-0.25, -0.2) is 0 Å². The number of hydrogen-bond donors (Lipinski definition) is 1. The first kappa shape index (κ1) is 9.65. The largest absolute Gasteiger partial charge is 0.314 e. The molecule has 1 saturated carbocycles. The maximum absolute atomic E-state index is 3.94. The molecule has 1 unspecified atom stereocenters. The predicted molar refractivity (Wildman–Crippen MR) is 55.1 cm³/mol. The molecule has 78 valence electrons. The number of nitrogens with zero attached hydrogens (tertiary/aromatic N) is 3. The molecular weight excluding hydrogens is 176 g/mol. The monoisotopic (exact) mass is 194 g/mol. The molecule has 0 spiro atoms. The lowest BCUT2D eigenvalue weighted by atomic mass is 10.0. The number of aromatic nitrogens is 3. The van der Waals surface area contributed by atoms with Crippen LogP contribution in [0.15, 0.2) is 6.20 Å². The van der Waals surface area contributed by atoms with Crippen LogP contribution in [0.4, 0.5) is 0 Å².